The van der Waals surface area contributed by atoms with E-state index in [9.17, 15) is 0 Å². The molecule has 0 aromatic carbocycles. The van der Waals surface area contributed by atoms with Gasteiger partial charge in [-0.05, 0) is 12.8 Å². The van der Waals surface area contributed by atoms with Crippen LogP contribution >= 0.6 is 36.0 Å². The molecule has 1 saturated carbocycles. The van der Waals surface area contributed by atoms with Crippen LogP contribution in [0.1, 0.15) is 12.8 Å². The molecule has 38 valence electrons. The van der Waals surface area contributed by atoms with Crippen molar-refractivity contribution < 1.29 is 0 Å². The van der Waals surface area contributed by atoms with Crippen molar-refractivity contribution in [3.8, 4) is 0 Å². The monoisotopic (exact) mass is 140 g/mol. The first-order valence-electron chi connectivity index (χ1n) is 1.77. The van der Waals surface area contributed by atoms with E-state index >= 15 is 0 Å². The van der Waals surface area contributed by atoms with Gasteiger partial charge in [0.05, 0.1) is 0 Å². The van der Waals surface area contributed by atoms with Gasteiger partial charge in [-0.3, -0.25) is 0 Å². The number of hydrogen-bond donors (Lipinski definition) is 3. The van der Waals surface area contributed by atoms with Gasteiger partial charge in [0.2, 0.25) is 0 Å². The first-order chi connectivity index (χ1) is 2.89. The average Bonchev–Trinajstić information content (AvgIpc) is 2.30. The van der Waals surface area contributed by atoms with E-state index in [1.165, 1.54) is 12.8 Å². The molecule has 0 unspecified atom stereocenters. The Morgan fingerprint density at radius 1 is 1.17 bits per heavy atom. The van der Waals surface area contributed by atoms with Crippen molar-refractivity contribution in [2.24, 2.45) is 0 Å². The van der Waals surface area contributed by atoms with E-state index in [-0.39, 0.29) is 0 Å². The predicted molar refractivity (Wildman–Crippen MR) is 40.0 cm³/mol. The Labute approximate surface area is 54.3 Å². The van der Waals surface area contributed by atoms with Gasteiger partial charge in [-0.25, -0.2) is 0 Å². The lowest BCUT2D eigenvalue weighted by Gasteiger charge is -1.53. The zero-order chi connectivity index (χ0) is 4.99. The summed E-state index contributed by atoms with van der Waals surface area (Å²) >= 11 is 10.5. The predicted octanol–water partition coefficient (Wildman–Crippen LogP) is 1.84. The quantitative estimate of drug-likeness (QED) is 0.332. The highest BCUT2D eigenvalue weighted by molar-refractivity contribution is 8.59. The SMILES string of the molecule is SC1CC1.SS. The van der Waals surface area contributed by atoms with E-state index in [1.54, 1.807) is 0 Å². The molecule has 1 aliphatic rings. The van der Waals surface area contributed by atoms with Gasteiger partial charge in [-0.2, -0.15) is 12.6 Å². The van der Waals surface area contributed by atoms with Crippen molar-refractivity contribution >= 4 is 36.0 Å². The van der Waals surface area contributed by atoms with E-state index in [1.807, 2.05) is 0 Å². The Kier molecular flexibility index (Phi) is 4.95. The number of thiol groups is 3. The maximum absolute atomic E-state index is 4.08. The number of hydrogen-bond acceptors (Lipinski definition) is 3. The third kappa shape index (κ3) is 5.05. The molecular weight excluding hydrogens is 132 g/mol. The molecule has 0 nitrogen and oxygen atoms in total. The van der Waals surface area contributed by atoms with Gasteiger partial charge in [0, 0.05) is 5.25 Å². The van der Waals surface area contributed by atoms with E-state index in [2.05, 4.69) is 36.0 Å². The lowest BCUT2D eigenvalue weighted by atomic mass is 11.0. The molecule has 0 atom stereocenters. The van der Waals surface area contributed by atoms with E-state index < -0.39 is 0 Å². The highest BCUT2D eigenvalue weighted by Gasteiger charge is 2.14. The molecule has 0 amide bonds. The molecule has 0 aromatic rings. The van der Waals surface area contributed by atoms with Gasteiger partial charge < -0.3 is 0 Å². The van der Waals surface area contributed by atoms with E-state index in [0.29, 0.717) is 0 Å². The molecule has 0 radical (unpaired) electrons. The van der Waals surface area contributed by atoms with Crippen molar-refractivity contribution in [1.82, 2.24) is 0 Å². The molecule has 1 aliphatic carbocycles. The van der Waals surface area contributed by atoms with Crippen LogP contribution in [0.25, 0.3) is 0 Å². The average molecular weight is 140 g/mol. The van der Waals surface area contributed by atoms with Gasteiger partial charge in [0.15, 0.2) is 0 Å². The second-order valence-corrected chi connectivity index (χ2v) is 1.96. The largest absolute Gasteiger partial charge is 0.176 e. The fourth-order valence-corrected chi connectivity index (χ4v) is 0.224. The standard InChI is InChI=1S/C3H6S.H2S2/c4-3-1-2-3;1-2/h3-4H,1-2H2;1-2H. The summed E-state index contributed by atoms with van der Waals surface area (Å²) in [4.78, 5) is 0. The molecule has 0 spiro atoms. The highest BCUT2D eigenvalue weighted by Crippen LogP contribution is 2.24. The van der Waals surface area contributed by atoms with E-state index in [4.69, 9.17) is 0 Å². The molecule has 6 heavy (non-hydrogen) atoms. The summed E-state index contributed by atoms with van der Waals surface area (Å²) in [5.41, 5.74) is 0. The van der Waals surface area contributed by atoms with Crippen LogP contribution in [0.15, 0.2) is 0 Å². The highest BCUT2D eigenvalue weighted by atomic mass is 33.1. The summed E-state index contributed by atoms with van der Waals surface area (Å²) in [5, 5.41) is 0.778. The second kappa shape index (κ2) is 4.22. The van der Waals surface area contributed by atoms with Crippen LogP contribution in [0.3, 0.4) is 0 Å². The molecule has 1 fully saturated rings. The van der Waals surface area contributed by atoms with Gasteiger partial charge in [0.25, 0.3) is 0 Å². The Balaban J connectivity index is 0.000000112. The summed E-state index contributed by atoms with van der Waals surface area (Å²) in [6.45, 7) is 0. The first-order valence-corrected chi connectivity index (χ1v) is 3.89. The van der Waals surface area contributed by atoms with Crippen LogP contribution in [0, 0.1) is 0 Å². The molecule has 0 saturated heterocycles. The van der Waals surface area contributed by atoms with Crippen LogP contribution in [0.4, 0.5) is 0 Å². The summed E-state index contributed by atoms with van der Waals surface area (Å²) in [6.07, 6.45) is 2.70. The Morgan fingerprint density at radius 2 is 1.33 bits per heavy atom. The van der Waals surface area contributed by atoms with Crippen molar-refractivity contribution in [2.75, 3.05) is 0 Å². The summed E-state index contributed by atoms with van der Waals surface area (Å²) in [5.74, 6) is 0. The van der Waals surface area contributed by atoms with Crippen LogP contribution < -0.4 is 0 Å². The summed E-state index contributed by atoms with van der Waals surface area (Å²) < 4.78 is 0. The lowest BCUT2D eigenvalue weighted by Crippen LogP contribution is -1.45. The third-order valence-corrected chi connectivity index (χ3v) is 1.06. The third-order valence-electron chi connectivity index (χ3n) is 0.547. The van der Waals surface area contributed by atoms with Crippen LogP contribution in [-0.4, -0.2) is 5.25 Å². The molecule has 0 bridgehead atoms. The zero-order valence-electron chi connectivity index (χ0n) is 3.33. The van der Waals surface area contributed by atoms with Crippen molar-refractivity contribution in [3.05, 3.63) is 0 Å². The Morgan fingerprint density at radius 3 is 1.33 bits per heavy atom. The van der Waals surface area contributed by atoms with Crippen molar-refractivity contribution in [3.63, 3.8) is 0 Å². The Hall–Kier alpha value is 1.05. The van der Waals surface area contributed by atoms with Crippen molar-refractivity contribution in [2.45, 2.75) is 18.1 Å². The van der Waals surface area contributed by atoms with Gasteiger partial charge in [-0.15, -0.1) is 23.3 Å². The number of rotatable bonds is 0. The van der Waals surface area contributed by atoms with Crippen molar-refractivity contribution in [1.29, 1.82) is 0 Å². The normalized spacial score (nSPS) is 18.5. The van der Waals surface area contributed by atoms with Gasteiger partial charge in [-0.1, -0.05) is 0 Å². The summed E-state index contributed by atoms with van der Waals surface area (Å²) in [7, 11) is 0. The fourth-order valence-electron chi connectivity index (χ4n) is 0.0745. The fraction of sp³-hybridized carbons (Fsp3) is 1.00. The molecule has 0 N–H and O–H groups in total. The smallest absolute Gasteiger partial charge is 0.00176 e. The molecule has 0 aromatic heterocycles. The zero-order valence-corrected chi connectivity index (χ0v) is 6.02. The minimum absolute atomic E-state index is 0.778. The van der Waals surface area contributed by atoms with Gasteiger partial charge in [0.1, 0.15) is 0 Å². The van der Waals surface area contributed by atoms with Gasteiger partial charge >= 0.3 is 0 Å². The topological polar surface area (TPSA) is 0 Å². The first kappa shape index (κ1) is 7.05. The van der Waals surface area contributed by atoms with Crippen LogP contribution in [-0.2, 0) is 0 Å². The molecule has 3 heteroatoms. The lowest BCUT2D eigenvalue weighted by molar-refractivity contribution is 1.50. The minimum Gasteiger partial charge on any atom is -0.176 e. The minimum atomic E-state index is 0.778. The molecule has 1 rings (SSSR count). The maximum Gasteiger partial charge on any atom is 0.00176 e. The van der Waals surface area contributed by atoms with Crippen LogP contribution in [0.2, 0.25) is 0 Å². The molecular formula is C3H8S3. The Bertz CT molecular complexity index is 25.2. The van der Waals surface area contributed by atoms with E-state index in [0.717, 1.165) is 5.25 Å². The van der Waals surface area contributed by atoms with Crippen LogP contribution in [0.5, 0.6) is 0 Å². The molecule has 0 aliphatic heterocycles. The second-order valence-electron chi connectivity index (χ2n) is 1.23. The molecule has 0 heterocycles. The maximum atomic E-state index is 4.08. The summed E-state index contributed by atoms with van der Waals surface area (Å²) in [6, 6.07) is 0.